The summed E-state index contributed by atoms with van der Waals surface area (Å²) in [5.41, 5.74) is 18.5. The monoisotopic (exact) mass is 860 g/mol. The van der Waals surface area contributed by atoms with Crippen LogP contribution in [0.25, 0.3) is 45.3 Å². The number of aryl methyl sites for hydroxylation is 9. The molecule has 0 amide bonds. The fourth-order valence-corrected chi connectivity index (χ4v) is 9.07. The lowest BCUT2D eigenvalue weighted by molar-refractivity contribution is 0.662. The molecule has 0 bridgehead atoms. The highest BCUT2D eigenvalue weighted by Gasteiger charge is 2.14. The van der Waals surface area contributed by atoms with Crippen molar-refractivity contribution < 1.29 is 0 Å². The molecule has 0 atom stereocenters. The summed E-state index contributed by atoms with van der Waals surface area (Å²) in [6.45, 7) is 11.2. The second-order valence-electron chi connectivity index (χ2n) is 18.7. The van der Waals surface area contributed by atoms with Gasteiger partial charge in [-0.3, -0.25) is 0 Å². The van der Waals surface area contributed by atoms with E-state index >= 15 is 0 Å². The second kappa shape index (κ2) is 24.6. The molecule has 7 rings (SSSR count). The molecule has 0 aliphatic rings. The summed E-state index contributed by atoms with van der Waals surface area (Å²) >= 11 is 0. The van der Waals surface area contributed by atoms with E-state index in [0.717, 1.165) is 48.8 Å². The summed E-state index contributed by atoms with van der Waals surface area (Å²) in [4.78, 5) is 15.1. The number of hydrogen-bond donors (Lipinski definition) is 0. The Morgan fingerprint density at radius 1 is 0.308 bits per heavy atom. The molecule has 0 saturated heterocycles. The van der Waals surface area contributed by atoms with Crippen LogP contribution in [0.3, 0.4) is 0 Å². The summed E-state index contributed by atoms with van der Waals surface area (Å²) < 4.78 is 0. The lowest BCUT2D eigenvalue weighted by Crippen LogP contribution is -2.00. The zero-order valence-electron chi connectivity index (χ0n) is 40.3. The quantitative estimate of drug-likeness (QED) is 0.0568. The highest BCUT2D eigenvalue weighted by atomic mass is 15.0. The summed E-state index contributed by atoms with van der Waals surface area (Å²) in [6.07, 6.45) is 21.8. The Kier molecular flexibility index (Phi) is 17.9. The van der Waals surface area contributed by atoms with Crippen LogP contribution in [0.2, 0.25) is 0 Å². The van der Waals surface area contributed by atoms with E-state index in [4.69, 9.17) is 15.0 Å². The summed E-state index contributed by atoms with van der Waals surface area (Å²) in [5.74, 6) is 2.11. The molecular weight excluding hydrogens is 787 g/mol. The zero-order chi connectivity index (χ0) is 45.2. The number of nitrogens with zero attached hydrogens (tertiary/aromatic N) is 3. The number of hydrogen-bond acceptors (Lipinski definition) is 3. The van der Waals surface area contributed by atoms with Gasteiger partial charge in [0.25, 0.3) is 0 Å². The third kappa shape index (κ3) is 14.2. The third-order valence-corrected chi connectivity index (χ3v) is 13.3. The average molecular weight is 860 g/mol. The first kappa shape index (κ1) is 47.3. The van der Waals surface area contributed by atoms with Crippen LogP contribution in [0.15, 0.2) is 133 Å². The van der Waals surface area contributed by atoms with Crippen LogP contribution in [0, 0.1) is 20.8 Å². The normalized spacial score (nSPS) is 11.3. The van der Waals surface area contributed by atoms with E-state index < -0.39 is 0 Å². The number of rotatable bonds is 24. The molecule has 0 aliphatic heterocycles. The molecule has 0 spiro atoms. The van der Waals surface area contributed by atoms with Crippen molar-refractivity contribution in [1.29, 1.82) is 0 Å². The summed E-state index contributed by atoms with van der Waals surface area (Å²) in [7, 11) is 0. The van der Waals surface area contributed by atoms with E-state index in [9.17, 15) is 0 Å². The molecular formula is C62H73N3. The van der Waals surface area contributed by atoms with E-state index in [0.29, 0.717) is 17.5 Å². The molecule has 65 heavy (non-hydrogen) atoms. The van der Waals surface area contributed by atoms with Crippen molar-refractivity contribution in [3.63, 3.8) is 0 Å². The maximum absolute atomic E-state index is 5.05. The Labute approximate surface area is 392 Å². The lowest BCUT2D eigenvalue weighted by atomic mass is 9.89. The number of unbranched alkanes of at least 4 members (excludes halogenated alkanes) is 8. The second-order valence-corrected chi connectivity index (χ2v) is 18.7. The summed E-state index contributed by atoms with van der Waals surface area (Å²) in [5, 5.41) is 0. The molecule has 0 N–H and O–H groups in total. The lowest BCUT2D eigenvalue weighted by Gasteiger charge is -2.16. The number of benzene rings is 6. The molecule has 3 nitrogen and oxygen atoms in total. The van der Waals surface area contributed by atoms with E-state index in [1.807, 2.05) is 0 Å². The van der Waals surface area contributed by atoms with Crippen molar-refractivity contribution in [3.8, 4) is 45.3 Å². The topological polar surface area (TPSA) is 38.7 Å². The molecule has 0 radical (unpaired) electrons. The molecule has 336 valence electrons. The Morgan fingerprint density at radius 2 is 0.631 bits per heavy atom. The van der Waals surface area contributed by atoms with Crippen molar-refractivity contribution >= 4 is 0 Å². The van der Waals surface area contributed by atoms with Gasteiger partial charge in [-0.15, -0.1) is 0 Å². The maximum Gasteiger partial charge on any atom is 0.164 e. The van der Waals surface area contributed by atoms with Gasteiger partial charge in [0.15, 0.2) is 17.5 Å². The van der Waals surface area contributed by atoms with Gasteiger partial charge in [0.1, 0.15) is 0 Å². The highest BCUT2D eigenvalue weighted by molar-refractivity contribution is 5.70. The molecule has 7 aromatic rings. The Balaban J connectivity index is 0.965. The zero-order valence-corrected chi connectivity index (χ0v) is 40.3. The van der Waals surface area contributed by atoms with Gasteiger partial charge in [-0.2, -0.15) is 0 Å². The fraction of sp³-hybridized carbons (Fsp3) is 0.371. The van der Waals surface area contributed by atoms with Gasteiger partial charge >= 0.3 is 0 Å². The minimum atomic E-state index is 0.701. The average Bonchev–Trinajstić information content (AvgIpc) is 3.34. The van der Waals surface area contributed by atoms with E-state index in [2.05, 4.69) is 168 Å². The van der Waals surface area contributed by atoms with Crippen LogP contribution in [0.4, 0.5) is 0 Å². The van der Waals surface area contributed by atoms with Crippen LogP contribution in [0.5, 0.6) is 0 Å². The molecule has 0 saturated carbocycles. The van der Waals surface area contributed by atoms with Crippen molar-refractivity contribution in [1.82, 2.24) is 15.0 Å². The first-order valence-corrected chi connectivity index (χ1v) is 25.1. The van der Waals surface area contributed by atoms with Gasteiger partial charge in [-0.25, -0.2) is 15.0 Å². The van der Waals surface area contributed by atoms with Crippen LogP contribution in [0.1, 0.15) is 141 Å². The molecule has 0 aliphatic carbocycles. The van der Waals surface area contributed by atoms with Gasteiger partial charge in [0, 0.05) is 16.7 Å². The van der Waals surface area contributed by atoms with Gasteiger partial charge in [-0.05, 0) is 148 Å². The van der Waals surface area contributed by atoms with Gasteiger partial charge in [-0.1, -0.05) is 197 Å². The maximum atomic E-state index is 5.05. The predicted molar refractivity (Wildman–Crippen MR) is 278 cm³/mol. The molecule has 1 aromatic heterocycles. The third-order valence-electron chi connectivity index (χ3n) is 13.3. The fourth-order valence-electron chi connectivity index (χ4n) is 9.07. The van der Waals surface area contributed by atoms with Crippen LogP contribution in [-0.4, -0.2) is 15.0 Å². The predicted octanol–water partition coefficient (Wildman–Crippen LogP) is 16.8. The first-order chi connectivity index (χ1) is 31.8. The Bertz CT molecular complexity index is 2500. The van der Waals surface area contributed by atoms with Crippen LogP contribution >= 0.6 is 0 Å². The molecule has 1 heterocycles. The van der Waals surface area contributed by atoms with Gasteiger partial charge in [0.05, 0.1) is 0 Å². The minimum Gasteiger partial charge on any atom is -0.208 e. The highest BCUT2D eigenvalue weighted by Crippen LogP contribution is 2.31. The van der Waals surface area contributed by atoms with E-state index in [1.165, 1.54) is 145 Å². The summed E-state index contributed by atoms with van der Waals surface area (Å²) in [6, 6.07) is 49.7. The van der Waals surface area contributed by atoms with Crippen molar-refractivity contribution in [2.75, 3.05) is 0 Å². The largest absolute Gasteiger partial charge is 0.208 e. The van der Waals surface area contributed by atoms with Gasteiger partial charge in [0.2, 0.25) is 0 Å². The van der Waals surface area contributed by atoms with Crippen molar-refractivity contribution in [2.45, 2.75) is 150 Å². The molecule has 0 fully saturated rings. The smallest absolute Gasteiger partial charge is 0.164 e. The Morgan fingerprint density at radius 3 is 1.03 bits per heavy atom. The molecule has 3 heteroatoms. The van der Waals surface area contributed by atoms with Crippen LogP contribution in [-0.2, 0) is 38.5 Å². The standard InChI is InChI=1S/C62H73N3/c1-6-8-10-12-22-57-45-59(58(44-48(57)5)23-13-11-9-7-2)53-38-30-50(31-39-53)19-16-17-21-52-34-42-56(43-35-52)62-64-60(54-36-26-47(4)27-37-54)63-61(65-62)55-40-32-51(33-41-55)20-15-14-18-49-28-24-46(3)25-29-49/h24-45H,6-23H2,1-5H3. The van der Waals surface area contributed by atoms with E-state index in [1.54, 1.807) is 0 Å². The van der Waals surface area contributed by atoms with Crippen molar-refractivity contribution in [3.05, 3.63) is 184 Å². The first-order valence-electron chi connectivity index (χ1n) is 25.1. The Hall–Kier alpha value is -5.67. The number of aromatic nitrogens is 3. The molecule has 0 unspecified atom stereocenters. The van der Waals surface area contributed by atoms with E-state index in [-0.39, 0.29) is 0 Å². The SMILES string of the molecule is CCCCCCc1cc(-c2ccc(CCCCc3ccc(-c4nc(-c5ccc(C)cc5)nc(-c5ccc(CCCCc6ccc(C)cc6)cc5)n4)cc3)cc2)c(CCCCCC)cc1C. The molecule has 6 aromatic carbocycles. The van der Waals surface area contributed by atoms with Crippen LogP contribution < -0.4 is 0 Å². The van der Waals surface area contributed by atoms with Crippen molar-refractivity contribution in [2.24, 2.45) is 0 Å². The van der Waals surface area contributed by atoms with Gasteiger partial charge < -0.3 is 0 Å². The minimum absolute atomic E-state index is 0.701.